The summed E-state index contributed by atoms with van der Waals surface area (Å²) in [4.78, 5) is 28.1. The Kier molecular flexibility index (Phi) is 6.50. The molecule has 1 aliphatic rings. The molecule has 0 radical (unpaired) electrons. The number of hydrogen-bond acceptors (Lipinski definition) is 4. The molecule has 1 saturated carbocycles. The Bertz CT molecular complexity index is 882. The zero-order valence-corrected chi connectivity index (χ0v) is 17.3. The van der Waals surface area contributed by atoms with Crippen LogP contribution in [-0.4, -0.2) is 46.8 Å². The standard InChI is InChI=1S/C22H32N4O2/c1-4-5-10-15-26-21(28)18-12-7-6-11-17(18)19(24-26)20(27)23-16-22(25(2)3)13-8-9-14-22/h6-7,11-12H,4-5,8-10,13-16H2,1-3H3,(H,23,27). The maximum Gasteiger partial charge on any atom is 0.274 e. The van der Waals surface area contributed by atoms with Crippen LogP contribution in [0.4, 0.5) is 0 Å². The van der Waals surface area contributed by atoms with E-state index in [-0.39, 0.29) is 17.0 Å². The van der Waals surface area contributed by atoms with Crippen molar-refractivity contribution in [1.82, 2.24) is 20.0 Å². The molecule has 152 valence electrons. The lowest BCUT2D eigenvalue weighted by Crippen LogP contribution is -2.51. The fraction of sp³-hybridized carbons (Fsp3) is 0.591. The van der Waals surface area contributed by atoms with Gasteiger partial charge >= 0.3 is 0 Å². The SMILES string of the molecule is CCCCCn1nc(C(=O)NCC2(N(C)C)CCCC2)c2ccccc2c1=O. The van der Waals surface area contributed by atoms with Gasteiger partial charge in [-0.25, -0.2) is 4.68 Å². The molecule has 0 bridgehead atoms. The summed E-state index contributed by atoms with van der Waals surface area (Å²) in [5, 5.41) is 8.76. The molecule has 6 nitrogen and oxygen atoms in total. The Hall–Kier alpha value is -2.21. The minimum absolute atomic E-state index is 0.0149. The van der Waals surface area contributed by atoms with Crippen molar-refractivity contribution in [1.29, 1.82) is 0 Å². The summed E-state index contributed by atoms with van der Waals surface area (Å²) in [6.45, 7) is 3.27. The van der Waals surface area contributed by atoms with E-state index in [1.54, 1.807) is 6.07 Å². The third kappa shape index (κ3) is 4.12. The van der Waals surface area contributed by atoms with Crippen molar-refractivity contribution in [2.24, 2.45) is 0 Å². The Morgan fingerprint density at radius 3 is 2.50 bits per heavy atom. The van der Waals surface area contributed by atoms with Crippen molar-refractivity contribution in [2.45, 2.75) is 64.0 Å². The molecule has 0 spiro atoms. The number of benzene rings is 1. The van der Waals surface area contributed by atoms with Gasteiger partial charge in [-0.15, -0.1) is 0 Å². The van der Waals surface area contributed by atoms with Crippen molar-refractivity contribution in [3.8, 4) is 0 Å². The molecular weight excluding hydrogens is 352 g/mol. The Labute approximate surface area is 166 Å². The summed E-state index contributed by atoms with van der Waals surface area (Å²) < 4.78 is 1.46. The number of nitrogens with one attached hydrogen (secondary N) is 1. The highest BCUT2D eigenvalue weighted by molar-refractivity contribution is 6.04. The second-order valence-electron chi connectivity index (χ2n) is 8.14. The molecule has 1 aliphatic carbocycles. The van der Waals surface area contributed by atoms with Crippen LogP contribution in [-0.2, 0) is 6.54 Å². The summed E-state index contributed by atoms with van der Waals surface area (Å²) >= 11 is 0. The summed E-state index contributed by atoms with van der Waals surface area (Å²) in [5.74, 6) is -0.200. The van der Waals surface area contributed by atoms with E-state index in [1.165, 1.54) is 17.5 Å². The zero-order valence-electron chi connectivity index (χ0n) is 17.3. The second-order valence-corrected chi connectivity index (χ2v) is 8.14. The number of aromatic nitrogens is 2. The predicted octanol–water partition coefficient (Wildman–Crippen LogP) is 3.19. The monoisotopic (exact) mass is 384 g/mol. The molecule has 0 unspecified atom stereocenters. The van der Waals surface area contributed by atoms with Crippen LogP contribution >= 0.6 is 0 Å². The number of unbranched alkanes of at least 4 members (excludes halogenated alkanes) is 2. The third-order valence-electron chi connectivity index (χ3n) is 6.12. The van der Waals surface area contributed by atoms with Crippen LogP contribution in [0.1, 0.15) is 62.4 Å². The molecule has 28 heavy (non-hydrogen) atoms. The number of amides is 1. The fourth-order valence-corrected chi connectivity index (χ4v) is 4.21. The highest BCUT2D eigenvalue weighted by Crippen LogP contribution is 2.33. The fourth-order valence-electron chi connectivity index (χ4n) is 4.21. The van der Waals surface area contributed by atoms with Crippen LogP contribution in [0.3, 0.4) is 0 Å². The normalized spacial score (nSPS) is 16.0. The number of aryl methyl sites for hydroxylation is 1. The lowest BCUT2D eigenvalue weighted by Gasteiger charge is -2.36. The highest BCUT2D eigenvalue weighted by atomic mass is 16.2. The van der Waals surface area contributed by atoms with Crippen LogP contribution in [0.15, 0.2) is 29.1 Å². The van der Waals surface area contributed by atoms with Gasteiger partial charge in [0.15, 0.2) is 5.69 Å². The predicted molar refractivity (Wildman–Crippen MR) is 113 cm³/mol. The summed E-state index contributed by atoms with van der Waals surface area (Å²) in [6, 6.07) is 7.28. The minimum Gasteiger partial charge on any atom is -0.349 e. The van der Waals surface area contributed by atoms with Crippen molar-refractivity contribution in [3.63, 3.8) is 0 Å². The Morgan fingerprint density at radius 2 is 1.86 bits per heavy atom. The number of carbonyl (C=O) groups is 1. The van der Waals surface area contributed by atoms with Gasteiger partial charge in [-0.05, 0) is 39.4 Å². The lowest BCUT2D eigenvalue weighted by molar-refractivity contribution is 0.0894. The molecule has 1 fully saturated rings. The first-order valence-corrected chi connectivity index (χ1v) is 10.4. The molecule has 1 aromatic heterocycles. The van der Waals surface area contributed by atoms with Crippen LogP contribution in [0.5, 0.6) is 0 Å². The largest absolute Gasteiger partial charge is 0.349 e. The van der Waals surface area contributed by atoms with E-state index in [4.69, 9.17) is 0 Å². The molecule has 1 N–H and O–H groups in total. The molecule has 0 saturated heterocycles. The van der Waals surface area contributed by atoms with E-state index < -0.39 is 0 Å². The summed E-state index contributed by atoms with van der Waals surface area (Å²) in [5.41, 5.74) is 0.239. The first-order chi connectivity index (χ1) is 13.5. The van der Waals surface area contributed by atoms with Gasteiger partial charge in [0, 0.05) is 24.0 Å². The van der Waals surface area contributed by atoms with Crippen molar-refractivity contribution >= 4 is 16.7 Å². The summed E-state index contributed by atoms with van der Waals surface area (Å²) in [7, 11) is 4.16. The first-order valence-electron chi connectivity index (χ1n) is 10.4. The highest BCUT2D eigenvalue weighted by Gasteiger charge is 2.36. The summed E-state index contributed by atoms with van der Waals surface area (Å²) in [6.07, 6.45) is 7.55. The molecule has 6 heteroatoms. The molecule has 1 amide bonds. The van der Waals surface area contributed by atoms with E-state index >= 15 is 0 Å². The number of likely N-dealkylation sites (N-methyl/N-ethyl adjacent to an activating group) is 1. The van der Waals surface area contributed by atoms with E-state index in [2.05, 4.69) is 36.3 Å². The van der Waals surface area contributed by atoms with E-state index in [0.29, 0.717) is 29.6 Å². The zero-order chi connectivity index (χ0) is 20.1. The smallest absolute Gasteiger partial charge is 0.274 e. The van der Waals surface area contributed by atoms with Gasteiger partial charge in [-0.3, -0.25) is 9.59 Å². The second kappa shape index (κ2) is 8.86. The van der Waals surface area contributed by atoms with Crippen molar-refractivity contribution in [2.75, 3.05) is 20.6 Å². The molecule has 1 aromatic carbocycles. The molecule has 3 rings (SSSR count). The maximum atomic E-state index is 13.1. The average Bonchev–Trinajstić information content (AvgIpc) is 3.18. The number of carbonyl (C=O) groups excluding carboxylic acids is 1. The topological polar surface area (TPSA) is 67.2 Å². The lowest BCUT2D eigenvalue weighted by atomic mass is 9.96. The van der Waals surface area contributed by atoms with E-state index in [1.807, 2.05) is 18.2 Å². The van der Waals surface area contributed by atoms with Crippen molar-refractivity contribution < 1.29 is 4.79 Å². The van der Waals surface area contributed by atoms with Crippen molar-refractivity contribution in [3.05, 3.63) is 40.3 Å². The molecule has 2 aromatic rings. The van der Waals surface area contributed by atoms with E-state index in [9.17, 15) is 9.59 Å². The van der Waals surface area contributed by atoms with Gasteiger partial charge in [-0.2, -0.15) is 5.10 Å². The quantitative estimate of drug-likeness (QED) is 0.710. The average molecular weight is 385 g/mol. The Morgan fingerprint density at radius 1 is 1.18 bits per heavy atom. The van der Waals surface area contributed by atoms with Gasteiger partial charge in [0.25, 0.3) is 11.5 Å². The van der Waals surface area contributed by atoms with Crippen LogP contribution in [0.25, 0.3) is 10.8 Å². The molecular formula is C22H32N4O2. The molecule has 0 atom stereocenters. The van der Waals surface area contributed by atoms with Gasteiger partial charge in [0.1, 0.15) is 0 Å². The van der Waals surface area contributed by atoms with Crippen LogP contribution in [0.2, 0.25) is 0 Å². The molecule has 0 aliphatic heterocycles. The number of rotatable bonds is 8. The van der Waals surface area contributed by atoms with Gasteiger partial charge < -0.3 is 10.2 Å². The maximum absolute atomic E-state index is 13.1. The van der Waals surface area contributed by atoms with Crippen LogP contribution in [0, 0.1) is 0 Å². The third-order valence-corrected chi connectivity index (χ3v) is 6.12. The van der Waals surface area contributed by atoms with Crippen LogP contribution < -0.4 is 10.9 Å². The Balaban J connectivity index is 1.89. The van der Waals surface area contributed by atoms with Gasteiger partial charge in [-0.1, -0.05) is 50.8 Å². The first kappa shape index (κ1) is 20.5. The number of nitrogens with zero attached hydrogens (tertiary/aromatic N) is 3. The molecule has 1 heterocycles. The van der Waals surface area contributed by atoms with Gasteiger partial charge in [0.2, 0.25) is 0 Å². The minimum atomic E-state index is -0.200. The van der Waals surface area contributed by atoms with Gasteiger partial charge in [0.05, 0.1) is 5.39 Å². The van der Waals surface area contributed by atoms with E-state index in [0.717, 1.165) is 32.1 Å². The number of hydrogen-bond donors (Lipinski definition) is 1. The number of fused-ring (bicyclic) bond motifs is 1.